The Kier molecular flexibility index (Phi) is 7.64. The van der Waals surface area contributed by atoms with Crippen LogP contribution in [0.15, 0.2) is 189 Å². The fourth-order valence-electron chi connectivity index (χ4n) is 7.00. The van der Waals surface area contributed by atoms with Crippen molar-refractivity contribution in [3.63, 3.8) is 0 Å². The van der Waals surface area contributed by atoms with E-state index in [1.165, 1.54) is 16.3 Å². The molecule has 3 heteroatoms. The van der Waals surface area contributed by atoms with Crippen LogP contribution >= 0.6 is 0 Å². The van der Waals surface area contributed by atoms with E-state index in [9.17, 15) is 0 Å². The smallest absolute Gasteiger partial charge is 0.160 e. The molecule has 240 valence electrons. The van der Waals surface area contributed by atoms with Crippen LogP contribution in [-0.2, 0) is 0 Å². The summed E-state index contributed by atoms with van der Waals surface area (Å²) in [4.78, 5) is 10.1. The number of nitrogens with zero attached hydrogens (tertiary/aromatic N) is 2. The number of para-hydroxylation sites is 1. The van der Waals surface area contributed by atoms with Crippen LogP contribution in [-0.4, -0.2) is 9.97 Å². The molecule has 2 heterocycles. The number of hydrogen-bond donors (Lipinski definition) is 0. The molecule has 1 aliphatic heterocycles. The number of aromatic nitrogens is 2. The molecule has 0 saturated carbocycles. The highest BCUT2D eigenvalue weighted by Gasteiger charge is 2.18. The molecule has 9 rings (SSSR count). The van der Waals surface area contributed by atoms with E-state index in [0.29, 0.717) is 5.82 Å². The summed E-state index contributed by atoms with van der Waals surface area (Å²) in [6.07, 6.45) is 3.63. The van der Waals surface area contributed by atoms with Crippen LogP contribution in [0.25, 0.3) is 83.6 Å². The van der Waals surface area contributed by atoms with E-state index >= 15 is 0 Å². The summed E-state index contributed by atoms with van der Waals surface area (Å²) in [5.74, 6) is 1.54. The van der Waals surface area contributed by atoms with Gasteiger partial charge in [-0.2, -0.15) is 0 Å². The monoisotopic (exact) mass is 652 g/mol. The Labute approximate surface area is 297 Å². The summed E-state index contributed by atoms with van der Waals surface area (Å²) in [5, 5.41) is 2.38. The third kappa shape index (κ3) is 5.71. The van der Waals surface area contributed by atoms with Crippen molar-refractivity contribution in [3.8, 4) is 73.0 Å². The highest BCUT2D eigenvalue weighted by atomic mass is 16.5. The Morgan fingerprint density at radius 2 is 1.02 bits per heavy atom. The first-order valence-corrected chi connectivity index (χ1v) is 17.1. The van der Waals surface area contributed by atoms with Gasteiger partial charge in [0.25, 0.3) is 0 Å². The highest BCUT2D eigenvalue weighted by molar-refractivity contribution is 6.05. The van der Waals surface area contributed by atoms with Crippen molar-refractivity contribution in [1.29, 1.82) is 0 Å². The first-order chi connectivity index (χ1) is 25.2. The Balaban J connectivity index is 1.20. The van der Waals surface area contributed by atoms with Crippen LogP contribution in [0.1, 0.15) is 5.56 Å². The molecule has 51 heavy (non-hydrogen) atoms. The van der Waals surface area contributed by atoms with Gasteiger partial charge in [0.05, 0.1) is 17.6 Å². The molecule has 0 saturated heterocycles. The maximum absolute atomic E-state index is 6.06. The fraction of sp³-hybridized carbons (Fsp3) is 0. The van der Waals surface area contributed by atoms with Gasteiger partial charge in [-0.3, -0.25) is 0 Å². The Morgan fingerprint density at radius 3 is 1.82 bits per heavy atom. The van der Waals surface area contributed by atoms with Gasteiger partial charge in [0, 0.05) is 27.8 Å². The second-order valence-electron chi connectivity index (χ2n) is 12.7. The van der Waals surface area contributed by atoms with Crippen molar-refractivity contribution < 1.29 is 4.74 Å². The van der Waals surface area contributed by atoms with Crippen LogP contribution < -0.4 is 4.74 Å². The largest absolute Gasteiger partial charge is 0.464 e. The molecule has 3 nitrogen and oxygen atoms in total. The minimum atomic E-state index is 0.701. The molecule has 0 atom stereocenters. The van der Waals surface area contributed by atoms with Gasteiger partial charge < -0.3 is 4.74 Å². The van der Waals surface area contributed by atoms with Gasteiger partial charge >= 0.3 is 0 Å². The summed E-state index contributed by atoms with van der Waals surface area (Å²) < 4.78 is 6.06. The van der Waals surface area contributed by atoms with Crippen molar-refractivity contribution in [2.45, 2.75) is 0 Å². The van der Waals surface area contributed by atoms with E-state index in [1.54, 1.807) is 6.26 Å². The SMILES string of the molecule is C=C1C=COc2c1cccc2-c1cccc(-c2c(-c3cccc(-c4cc(-c5ccccc5)nc(-c5ccccc5)n4)c3)ccc3ccccc23)c1. The quantitative estimate of drug-likeness (QED) is 0.179. The van der Waals surface area contributed by atoms with Crippen LogP contribution in [0.5, 0.6) is 5.75 Å². The zero-order valence-corrected chi connectivity index (χ0v) is 27.8. The second kappa shape index (κ2) is 12.9. The Bertz CT molecular complexity index is 2560. The summed E-state index contributed by atoms with van der Waals surface area (Å²) in [6.45, 7) is 4.23. The summed E-state index contributed by atoms with van der Waals surface area (Å²) >= 11 is 0. The number of fused-ring (bicyclic) bond motifs is 2. The molecule has 1 aliphatic rings. The molecule has 0 bridgehead atoms. The molecule has 7 aromatic carbocycles. The molecule has 0 N–H and O–H groups in total. The van der Waals surface area contributed by atoms with Crippen LogP contribution in [0.4, 0.5) is 0 Å². The zero-order valence-electron chi connectivity index (χ0n) is 27.8. The van der Waals surface area contributed by atoms with Crippen molar-refractivity contribution in [3.05, 3.63) is 194 Å². The van der Waals surface area contributed by atoms with Gasteiger partial charge in [-0.15, -0.1) is 0 Å². The van der Waals surface area contributed by atoms with E-state index in [0.717, 1.165) is 72.8 Å². The van der Waals surface area contributed by atoms with E-state index in [1.807, 2.05) is 42.5 Å². The third-order valence-electron chi connectivity index (χ3n) is 9.50. The maximum Gasteiger partial charge on any atom is 0.160 e. The standard InChI is InChI=1S/C48H32N2O/c1-32-27-28-51-47-40(32)23-12-24-43(47)37-19-11-21-39(30-37)46-41-22-9-8-13-33(41)25-26-42(46)36-18-10-20-38(29-36)45-31-44(34-14-4-2-5-15-34)49-48(50-45)35-16-6-3-7-17-35/h2-31H,1H2. The summed E-state index contributed by atoms with van der Waals surface area (Å²) in [5.41, 5.74) is 13.5. The number of hydrogen-bond acceptors (Lipinski definition) is 3. The van der Waals surface area contributed by atoms with Crippen molar-refractivity contribution in [2.24, 2.45) is 0 Å². The van der Waals surface area contributed by atoms with E-state index in [2.05, 4.69) is 140 Å². The van der Waals surface area contributed by atoms with Gasteiger partial charge in [-0.05, 0) is 68.4 Å². The molecule has 0 radical (unpaired) electrons. The average molecular weight is 653 g/mol. The molecular weight excluding hydrogens is 621 g/mol. The number of ether oxygens (including phenoxy) is 1. The number of benzene rings is 7. The maximum atomic E-state index is 6.06. The Morgan fingerprint density at radius 1 is 0.431 bits per heavy atom. The summed E-state index contributed by atoms with van der Waals surface area (Å²) in [6, 6.07) is 59.4. The third-order valence-corrected chi connectivity index (χ3v) is 9.50. The zero-order chi connectivity index (χ0) is 34.1. The fourth-order valence-corrected chi connectivity index (χ4v) is 7.00. The first kappa shape index (κ1) is 30.2. The lowest BCUT2D eigenvalue weighted by atomic mass is 9.87. The van der Waals surface area contributed by atoms with Gasteiger partial charge in [-0.1, -0.05) is 158 Å². The lowest BCUT2D eigenvalue weighted by Gasteiger charge is -2.19. The van der Waals surface area contributed by atoms with Crippen molar-refractivity contribution in [2.75, 3.05) is 0 Å². The van der Waals surface area contributed by atoms with Crippen LogP contribution in [0, 0.1) is 0 Å². The molecule has 0 amide bonds. The Hall–Kier alpha value is -6.84. The lowest BCUT2D eigenvalue weighted by Crippen LogP contribution is -1.97. The first-order valence-electron chi connectivity index (χ1n) is 17.1. The molecule has 0 fully saturated rings. The molecular formula is C48H32N2O. The summed E-state index contributed by atoms with van der Waals surface area (Å²) in [7, 11) is 0. The minimum Gasteiger partial charge on any atom is -0.464 e. The number of allylic oxidation sites excluding steroid dienone is 2. The molecule has 0 unspecified atom stereocenters. The van der Waals surface area contributed by atoms with Crippen LogP contribution in [0.2, 0.25) is 0 Å². The average Bonchev–Trinajstić information content (AvgIpc) is 3.21. The predicted molar refractivity (Wildman–Crippen MR) is 211 cm³/mol. The van der Waals surface area contributed by atoms with Crippen molar-refractivity contribution >= 4 is 16.3 Å². The topological polar surface area (TPSA) is 35.0 Å². The van der Waals surface area contributed by atoms with Gasteiger partial charge in [0.1, 0.15) is 5.75 Å². The predicted octanol–water partition coefficient (Wildman–Crippen LogP) is 12.6. The molecule has 1 aromatic heterocycles. The highest BCUT2D eigenvalue weighted by Crippen LogP contribution is 2.43. The van der Waals surface area contributed by atoms with Crippen molar-refractivity contribution in [1.82, 2.24) is 9.97 Å². The number of rotatable bonds is 6. The minimum absolute atomic E-state index is 0.701. The van der Waals surface area contributed by atoms with Gasteiger partial charge in [0.15, 0.2) is 5.82 Å². The molecule has 8 aromatic rings. The van der Waals surface area contributed by atoms with E-state index in [4.69, 9.17) is 14.7 Å². The van der Waals surface area contributed by atoms with Gasteiger partial charge in [-0.25, -0.2) is 9.97 Å². The lowest BCUT2D eigenvalue weighted by molar-refractivity contribution is 0.478. The van der Waals surface area contributed by atoms with E-state index < -0.39 is 0 Å². The molecule has 0 aliphatic carbocycles. The normalized spacial score (nSPS) is 12.0. The van der Waals surface area contributed by atoms with Crippen LogP contribution in [0.3, 0.4) is 0 Å². The molecule has 0 spiro atoms. The van der Waals surface area contributed by atoms with E-state index in [-0.39, 0.29) is 0 Å². The van der Waals surface area contributed by atoms with Gasteiger partial charge in [0.2, 0.25) is 0 Å². The second-order valence-corrected chi connectivity index (χ2v) is 12.7.